The topological polar surface area (TPSA) is 89.6 Å². The van der Waals surface area contributed by atoms with Gasteiger partial charge in [0, 0.05) is 31.9 Å². The van der Waals surface area contributed by atoms with Gasteiger partial charge in [-0.05, 0) is 37.3 Å². The Balaban J connectivity index is 1.52. The molecule has 1 aliphatic rings. The zero-order valence-electron chi connectivity index (χ0n) is 14.1. The third kappa shape index (κ3) is 2.81. The van der Waals surface area contributed by atoms with Crippen molar-refractivity contribution in [2.24, 2.45) is 0 Å². The number of anilines is 2. The fourth-order valence-corrected chi connectivity index (χ4v) is 3.36. The Labute approximate surface area is 144 Å². The van der Waals surface area contributed by atoms with Crippen molar-refractivity contribution in [1.29, 1.82) is 0 Å². The molecule has 8 nitrogen and oxygen atoms in total. The van der Waals surface area contributed by atoms with Gasteiger partial charge in [-0.1, -0.05) is 0 Å². The Kier molecular flexibility index (Phi) is 3.83. The van der Waals surface area contributed by atoms with Gasteiger partial charge in [-0.25, -0.2) is 4.39 Å². The van der Waals surface area contributed by atoms with E-state index in [1.165, 1.54) is 11.8 Å². The predicted molar refractivity (Wildman–Crippen MR) is 92.1 cm³/mol. The summed E-state index contributed by atoms with van der Waals surface area (Å²) in [6.07, 6.45) is 0. The van der Waals surface area contributed by atoms with E-state index in [9.17, 15) is 4.39 Å². The van der Waals surface area contributed by atoms with Crippen molar-refractivity contribution in [2.45, 2.75) is 13.8 Å². The smallest absolute Gasteiger partial charge is 0.207 e. The molecule has 2 N–H and O–H groups in total. The summed E-state index contributed by atoms with van der Waals surface area (Å²) in [4.78, 5) is 4.58. The molecular weight excluding hydrogens is 323 g/mol. The van der Waals surface area contributed by atoms with Crippen LogP contribution in [0.5, 0.6) is 0 Å². The molecule has 2 aromatic heterocycles. The van der Waals surface area contributed by atoms with Gasteiger partial charge in [0.1, 0.15) is 5.82 Å². The molecular formula is C16H19FN8. The van der Waals surface area contributed by atoms with Gasteiger partial charge < -0.3 is 9.80 Å². The lowest BCUT2D eigenvalue weighted by Crippen LogP contribution is -2.46. The average Bonchev–Trinajstić information content (AvgIpc) is 3.26. The molecule has 0 aliphatic carbocycles. The highest BCUT2D eigenvalue weighted by molar-refractivity contribution is 5.64. The van der Waals surface area contributed by atoms with Crippen molar-refractivity contribution in [1.82, 2.24) is 30.8 Å². The van der Waals surface area contributed by atoms with Crippen LogP contribution in [-0.2, 0) is 0 Å². The summed E-state index contributed by atoms with van der Waals surface area (Å²) in [7, 11) is 0. The van der Waals surface area contributed by atoms with E-state index < -0.39 is 0 Å². The summed E-state index contributed by atoms with van der Waals surface area (Å²) in [5.74, 6) is -0.0870. The molecule has 1 aliphatic heterocycles. The van der Waals surface area contributed by atoms with Crippen molar-refractivity contribution >= 4 is 11.4 Å². The van der Waals surface area contributed by atoms with E-state index in [0.29, 0.717) is 5.56 Å². The first kappa shape index (κ1) is 15.6. The summed E-state index contributed by atoms with van der Waals surface area (Å²) < 4.78 is 14.1. The SMILES string of the molecule is Cc1n[nH]c(C)c1N1CCN(c2ccc(F)c(-c3nn[nH]n3)c2)CC1. The van der Waals surface area contributed by atoms with E-state index in [1.807, 2.05) is 13.8 Å². The van der Waals surface area contributed by atoms with Crippen LogP contribution in [0, 0.1) is 19.7 Å². The van der Waals surface area contributed by atoms with Crippen LogP contribution < -0.4 is 9.80 Å². The number of H-pyrrole nitrogens is 2. The third-order valence-corrected chi connectivity index (χ3v) is 4.59. The van der Waals surface area contributed by atoms with E-state index in [2.05, 4.69) is 40.6 Å². The molecule has 0 amide bonds. The molecule has 0 unspecified atom stereocenters. The molecule has 3 heterocycles. The number of rotatable bonds is 3. The minimum Gasteiger partial charge on any atom is -0.368 e. The molecule has 0 bridgehead atoms. The lowest BCUT2D eigenvalue weighted by molar-refractivity contribution is 0.626. The number of hydrogen-bond acceptors (Lipinski definition) is 6. The van der Waals surface area contributed by atoms with Gasteiger partial charge >= 0.3 is 0 Å². The van der Waals surface area contributed by atoms with Gasteiger partial charge in [0.25, 0.3) is 0 Å². The molecule has 1 fully saturated rings. The summed E-state index contributed by atoms with van der Waals surface area (Å²) in [5.41, 5.74) is 4.61. The highest BCUT2D eigenvalue weighted by Crippen LogP contribution is 2.28. The van der Waals surface area contributed by atoms with Crippen LogP contribution in [0.25, 0.3) is 11.4 Å². The standard InChI is InChI=1S/C16H19FN8/c1-10-15(11(2)19-18-10)25-7-5-24(6-8-25)12-3-4-14(17)13(9-12)16-20-22-23-21-16/h3-4,9H,5-8H2,1-2H3,(H,18,19)(H,20,21,22,23). The molecule has 0 saturated carbocycles. The molecule has 4 rings (SSSR count). The van der Waals surface area contributed by atoms with Gasteiger partial charge in [0.2, 0.25) is 5.82 Å². The second kappa shape index (κ2) is 6.15. The lowest BCUT2D eigenvalue weighted by Gasteiger charge is -2.37. The molecule has 25 heavy (non-hydrogen) atoms. The molecule has 9 heteroatoms. The first-order chi connectivity index (χ1) is 12.1. The minimum atomic E-state index is -0.353. The Morgan fingerprint density at radius 2 is 1.80 bits per heavy atom. The van der Waals surface area contributed by atoms with Crippen LogP contribution in [-0.4, -0.2) is 57.0 Å². The Morgan fingerprint density at radius 1 is 1.04 bits per heavy atom. The van der Waals surface area contributed by atoms with Gasteiger partial charge in [0.15, 0.2) is 0 Å². The quantitative estimate of drug-likeness (QED) is 0.753. The van der Waals surface area contributed by atoms with E-state index in [-0.39, 0.29) is 11.6 Å². The second-order valence-corrected chi connectivity index (χ2v) is 6.16. The molecule has 1 aromatic carbocycles. The maximum Gasteiger partial charge on any atom is 0.207 e. The number of nitrogens with one attached hydrogen (secondary N) is 2. The zero-order chi connectivity index (χ0) is 17.4. The van der Waals surface area contributed by atoms with Gasteiger partial charge in [-0.2, -0.15) is 10.3 Å². The number of halogens is 1. The number of tetrazole rings is 1. The highest BCUT2D eigenvalue weighted by atomic mass is 19.1. The molecule has 130 valence electrons. The van der Waals surface area contributed by atoms with Crippen molar-refractivity contribution in [3.05, 3.63) is 35.4 Å². The first-order valence-electron chi connectivity index (χ1n) is 8.18. The average molecular weight is 342 g/mol. The van der Waals surface area contributed by atoms with Crippen LogP contribution in [0.1, 0.15) is 11.4 Å². The summed E-state index contributed by atoms with van der Waals surface area (Å²) >= 11 is 0. The van der Waals surface area contributed by atoms with Crippen molar-refractivity contribution in [3.8, 4) is 11.4 Å². The second-order valence-electron chi connectivity index (χ2n) is 6.16. The van der Waals surface area contributed by atoms with Crippen LogP contribution in [0.3, 0.4) is 0 Å². The predicted octanol–water partition coefficient (Wildman–Crippen LogP) is 1.67. The minimum absolute atomic E-state index is 0.266. The van der Waals surface area contributed by atoms with Crippen LogP contribution in [0.4, 0.5) is 15.8 Å². The van der Waals surface area contributed by atoms with Gasteiger partial charge in [-0.15, -0.1) is 10.2 Å². The molecule has 1 saturated heterocycles. The van der Waals surface area contributed by atoms with E-state index >= 15 is 0 Å². The third-order valence-electron chi connectivity index (χ3n) is 4.59. The monoisotopic (exact) mass is 342 g/mol. The number of piperazine rings is 1. The largest absolute Gasteiger partial charge is 0.368 e. The number of hydrogen-bond donors (Lipinski definition) is 2. The molecule has 0 radical (unpaired) electrons. The zero-order valence-corrected chi connectivity index (χ0v) is 14.1. The van der Waals surface area contributed by atoms with Crippen LogP contribution in [0.15, 0.2) is 18.2 Å². The number of aromatic nitrogens is 6. The Hall–Kier alpha value is -2.97. The summed E-state index contributed by atoms with van der Waals surface area (Å²) in [6.45, 7) is 7.52. The molecule has 3 aromatic rings. The fraction of sp³-hybridized carbons (Fsp3) is 0.375. The normalized spacial score (nSPS) is 15.0. The Morgan fingerprint density at radius 3 is 2.44 bits per heavy atom. The maximum atomic E-state index is 14.1. The van der Waals surface area contributed by atoms with Crippen molar-refractivity contribution in [2.75, 3.05) is 36.0 Å². The lowest BCUT2D eigenvalue weighted by atomic mass is 10.1. The molecule has 0 atom stereocenters. The van der Waals surface area contributed by atoms with Crippen LogP contribution >= 0.6 is 0 Å². The van der Waals surface area contributed by atoms with Gasteiger partial charge in [-0.3, -0.25) is 5.10 Å². The van der Waals surface area contributed by atoms with E-state index in [4.69, 9.17) is 0 Å². The number of aromatic amines is 2. The summed E-state index contributed by atoms with van der Waals surface area (Å²) in [6, 6.07) is 5.03. The fourth-order valence-electron chi connectivity index (χ4n) is 3.36. The summed E-state index contributed by atoms with van der Waals surface area (Å²) in [5, 5.41) is 20.9. The van der Waals surface area contributed by atoms with Gasteiger partial charge in [0.05, 0.1) is 22.6 Å². The van der Waals surface area contributed by atoms with Crippen molar-refractivity contribution in [3.63, 3.8) is 0 Å². The first-order valence-corrected chi connectivity index (χ1v) is 8.18. The number of aryl methyl sites for hydroxylation is 2. The number of nitrogens with zero attached hydrogens (tertiary/aromatic N) is 6. The Bertz CT molecular complexity index is 845. The molecule has 0 spiro atoms. The maximum absolute atomic E-state index is 14.1. The highest BCUT2D eigenvalue weighted by Gasteiger charge is 2.22. The van der Waals surface area contributed by atoms with E-state index in [1.54, 1.807) is 12.1 Å². The van der Waals surface area contributed by atoms with Crippen LogP contribution in [0.2, 0.25) is 0 Å². The number of benzene rings is 1. The van der Waals surface area contributed by atoms with Crippen molar-refractivity contribution < 1.29 is 4.39 Å². The van der Waals surface area contributed by atoms with E-state index in [0.717, 1.165) is 43.3 Å².